The molecular formula is C13H12FN4+. The van der Waals surface area contributed by atoms with Crippen LogP contribution in [-0.2, 0) is 0 Å². The Morgan fingerprint density at radius 1 is 1.11 bits per heavy atom. The number of halogens is 1. The van der Waals surface area contributed by atoms with Gasteiger partial charge in [-0.2, -0.15) is 0 Å². The van der Waals surface area contributed by atoms with Gasteiger partial charge in [0.15, 0.2) is 0 Å². The number of rotatable bonds is 1. The van der Waals surface area contributed by atoms with E-state index in [-0.39, 0.29) is 5.82 Å². The summed E-state index contributed by atoms with van der Waals surface area (Å²) in [5.41, 5.74) is 3.54. The van der Waals surface area contributed by atoms with Crippen LogP contribution in [-0.4, -0.2) is 14.6 Å². The Bertz CT molecular complexity index is 677. The molecule has 0 spiro atoms. The minimum Gasteiger partial charge on any atom is -0.237 e. The fourth-order valence-electron chi connectivity index (χ4n) is 1.80. The van der Waals surface area contributed by atoms with Crippen molar-refractivity contribution in [3.63, 3.8) is 0 Å². The molecule has 0 saturated heterocycles. The van der Waals surface area contributed by atoms with Crippen molar-refractivity contribution in [1.82, 2.24) is 14.6 Å². The number of aromatic nitrogens is 4. The Kier molecular flexibility index (Phi) is 2.33. The molecule has 0 fully saturated rings. The van der Waals surface area contributed by atoms with Crippen LogP contribution in [0.5, 0.6) is 0 Å². The number of nitrogens with zero attached hydrogens (tertiary/aromatic N) is 3. The maximum absolute atomic E-state index is 12.9. The fourth-order valence-corrected chi connectivity index (χ4v) is 1.80. The Hall–Kier alpha value is -2.30. The molecule has 18 heavy (non-hydrogen) atoms. The SMILES string of the molecule is Cc1nc2[nH+]c(-c3ccc(F)cc3)cn2nc1C. The molecule has 2 aromatic heterocycles. The zero-order valence-corrected chi connectivity index (χ0v) is 10.1. The van der Waals surface area contributed by atoms with E-state index < -0.39 is 0 Å². The third-order valence-electron chi connectivity index (χ3n) is 2.93. The van der Waals surface area contributed by atoms with Crippen LogP contribution in [0.1, 0.15) is 11.4 Å². The number of hydrogen-bond acceptors (Lipinski definition) is 2. The van der Waals surface area contributed by atoms with E-state index >= 15 is 0 Å². The Balaban J connectivity index is 2.16. The molecule has 0 saturated carbocycles. The largest absolute Gasteiger partial charge is 0.421 e. The number of aryl methyl sites for hydroxylation is 2. The lowest BCUT2D eigenvalue weighted by atomic mass is 10.2. The first-order chi connectivity index (χ1) is 8.63. The van der Waals surface area contributed by atoms with Gasteiger partial charge in [0.05, 0.1) is 0 Å². The van der Waals surface area contributed by atoms with E-state index in [4.69, 9.17) is 0 Å². The molecule has 0 unspecified atom stereocenters. The summed E-state index contributed by atoms with van der Waals surface area (Å²) in [5.74, 6) is 0.433. The lowest BCUT2D eigenvalue weighted by molar-refractivity contribution is -0.334. The van der Waals surface area contributed by atoms with Crippen LogP contribution in [0.4, 0.5) is 4.39 Å². The molecule has 3 rings (SSSR count). The molecule has 0 radical (unpaired) electrons. The van der Waals surface area contributed by atoms with Crippen molar-refractivity contribution in [2.75, 3.05) is 0 Å². The second-order valence-corrected chi connectivity index (χ2v) is 4.23. The number of imidazole rings is 1. The molecule has 4 nitrogen and oxygen atoms in total. The quantitative estimate of drug-likeness (QED) is 0.656. The van der Waals surface area contributed by atoms with E-state index in [1.165, 1.54) is 12.1 Å². The van der Waals surface area contributed by atoms with E-state index in [9.17, 15) is 4.39 Å². The second kappa shape index (κ2) is 3.87. The molecule has 0 atom stereocenters. The van der Waals surface area contributed by atoms with Crippen LogP contribution in [0.2, 0.25) is 0 Å². The average molecular weight is 243 g/mol. The molecule has 5 heteroatoms. The number of H-pyrrole nitrogens is 1. The summed E-state index contributed by atoms with van der Waals surface area (Å²) in [6.45, 7) is 3.83. The van der Waals surface area contributed by atoms with Crippen molar-refractivity contribution >= 4 is 5.78 Å². The molecule has 0 amide bonds. The van der Waals surface area contributed by atoms with Crippen LogP contribution in [0.3, 0.4) is 0 Å². The minimum atomic E-state index is -0.245. The number of fused-ring (bicyclic) bond motifs is 1. The first kappa shape index (κ1) is 10.8. The summed E-state index contributed by atoms with van der Waals surface area (Å²) in [7, 11) is 0. The van der Waals surface area contributed by atoms with Crippen LogP contribution in [0.15, 0.2) is 30.5 Å². The number of benzene rings is 1. The minimum absolute atomic E-state index is 0.245. The summed E-state index contributed by atoms with van der Waals surface area (Å²) in [4.78, 5) is 7.58. The summed E-state index contributed by atoms with van der Waals surface area (Å²) < 4.78 is 14.6. The van der Waals surface area contributed by atoms with E-state index in [0.29, 0.717) is 5.78 Å². The third-order valence-corrected chi connectivity index (χ3v) is 2.93. The summed E-state index contributed by atoms with van der Waals surface area (Å²) in [5, 5.41) is 4.39. The van der Waals surface area contributed by atoms with Crippen LogP contribution in [0, 0.1) is 19.7 Å². The molecular weight excluding hydrogens is 231 g/mol. The molecule has 3 aromatic rings. The maximum Gasteiger partial charge on any atom is 0.421 e. The van der Waals surface area contributed by atoms with Gasteiger partial charge in [0.25, 0.3) is 0 Å². The second-order valence-electron chi connectivity index (χ2n) is 4.23. The molecule has 0 aliphatic heterocycles. The van der Waals surface area contributed by atoms with Gasteiger partial charge in [0.2, 0.25) is 0 Å². The first-order valence-electron chi connectivity index (χ1n) is 5.65. The Morgan fingerprint density at radius 2 is 1.83 bits per heavy atom. The van der Waals surface area contributed by atoms with Gasteiger partial charge in [0, 0.05) is 5.56 Å². The van der Waals surface area contributed by atoms with Gasteiger partial charge in [0.1, 0.15) is 29.1 Å². The fraction of sp³-hybridized carbons (Fsp3) is 0.154. The van der Waals surface area contributed by atoms with E-state index in [1.807, 2.05) is 20.0 Å². The van der Waals surface area contributed by atoms with Gasteiger partial charge in [-0.1, -0.05) is 4.98 Å². The number of hydrogen-bond donors (Lipinski definition) is 0. The van der Waals surface area contributed by atoms with Crippen molar-refractivity contribution in [2.45, 2.75) is 13.8 Å². The highest BCUT2D eigenvalue weighted by molar-refractivity contribution is 5.56. The lowest BCUT2D eigenvalue weighted by Crippen LogP contribution is -2.08. The van der Waals surface area contributed by atoms with Crippen LogP contribution < -0.4 is 4.98 Å². The standard InChI is InChI=1S/C13H11FN4/c1-8-9(2)17-18-7-12(16-13(18)15-8)10-3-5-11(14)6-4-10/h3-7H,1-2H3/p+1. The molecule has 1 N–H and O–H groups in total. The van der Waals surface area contributed by atoms with Crippen molar-refractivity contribution in [1.29, 1.82) is 0 Å². The van der Waals surface area contributed by atoms with Gasteiger partial charge in [-0.15, -0.1) is 9.61 Å². The van der Waals surface area contributed by atoms with Gasteiger partial charge in [-0.25, -0.2) is 9.37 Å². The monoisotopic (exact) mass is 243 g/mol. The predicted octanol–water partition coefficient (Wildman–Crippen LogP) is 1.97. The third kappa shape index (κ3) is 1.73. The molecule has 1 aromatic carbocycles. The first-order valence-corrected chi connectivity index (χ1v) is 5.65. The lowest BCUT2D eigenvalue weighted by Gasteiger charge is -1.92. The highest BCUT2D eigenvalue weighted by atomic mass is 19.1. The molecule has 0 bridgehead atoms. The summed E-state index contributed by atoms with van der Waals surface area (Å²) in [6.07, 6.45) is 1.85. The summed E-state index contributed by atoms with van der Waals surface area (Å²) in [6, 6.07) is 6.31. The number of aromatic amines is 1. The van der Waals surface area contributed by atoms with Crippen LogP contribution >= 0.6 is 0 Å². The Morgan fingerprint density at radius 3 is 2.56 bits per heavy atom. The van der Waals surface area contributed by atoms with Crippen LogP contribution in [0.25, 0.3) is 17.0 Å². The molecule has 2 heterocycles. The normalized spacial score (nSPS) is 11.1. The topological polar surface area (TPSA) is 44.3 Å². The Labute approximate surface area is 103 Å². The van der Waals surface area contributed by atoms with Crippen molar-refractivity contribution in [2.24, 2.45) is 0 Å². The maximum atomic E-state index is 12.9. The zero-order valence-electron chi connectivity index (χ0n) is 10.1. The van der Waals surface area contributed by atoms with Gasteiger partial charge >= 0.3 is 5.78 Å². The summed E-state index contributed by atoms with van der Waals surface area (Å²) >= 11 is 0. The van der Waals surface area contributed by atoms with E-state index in [0.717, 1.165) is 22.6 Å². The molecule has 90 valence electrons. The number of nitrogens with one attached hydrogen (secondary N) is 1. The smallest absolute Gasteiger partial charge is 0.237 e. The van der Waals surface area contributed by atoms with Gasteiger partial charge < -0.3 is 0 Å². The zero-order chi connectivity index (χ0) is 12.7. The van der Waals surface area contributed by atoms with Crippen molar-refractivity contribution in [3.8, 4) is 11.3 Å². The molecule has 0 aliphatic carbocycles. The highest BCUT2D eigenvalue weighted by Gasteiger charge is 2.14. The van der Waals surface area contributed by atoms with E-state index in [2.05, 4.69) is 15.1 Å². The average Bonchev–Trinajstić information content (AvgIpc) is 2.73. The molecule has 0 aliphatic rings. The predicted molar refractivity (Wildman–Crippen MR) is 64.4 cm³/mol. The highest BCUT2D eigenvalue weighted by Crippen LogP contribution is 2.15. The van der Waals surface area contributed by atoms with Gasteiger partial charge in [-0.05, 0) is 38.1 Å². The van der Waals surface area contributed by atoms with E-state index in [1.54, 1.807) is 16.6 Å². The van der Waals surface area contributed by atoms with Crippen molar-refractivity contribution < 1.29 is 9.37 Å². The van der Waals surface area contributed by atoms with Gasteiger partial charge in [-0.3, -0.25) is 0 Å². The van der Waals surface area contributed by atoms with Crippen molar-refractivity contribution in [3.05, 3.63) is 47.7 Å².